The maximum atomic E-state index is 12.4. The van der Waals surface area contributed by atoms with Crippen LogP contribution in [-0.2, 0) is 27.8 Å². The quantitative estimate of drug-likeness (QED) is 0.575. The van der Waals surface area contributed by atoms with E-state index in [1.54, 1.807) is 12.1 Å². The molecule has 0 radical (unpaired) electrons. The van der Waals surface area contributed by atoms with Gasteiger partial charge >= 0.3 is 0 Å². The molecule has 1 heterocycles. The summed E-state index contributed by atoms with van der Waals surface area (Å²) in [6.45, 7) is 2.13. The zero-order valence-corrected chi connectivity index (χ0v) is 16.3. The lowest BCUT2D eigenvalue weighted by atomic mass is 10.1. The van der Waals surface area contributed by atoms with Crippen LogP contribution in [0, 0.1) is 0 Å². The van der Waals surface area contributed by atoms with Crippen molar-refractivity contribution in [1.82, 2.24) is 15.0 Å². The van der Waals surface area contributed by atoms with Crippen molar-refractivity contribution in [3.05, 3.63) is 59.4 Å². The normalized spacial score (nSPS) is 11.1. The van der Waals surface area contributed by atoms with Crippen molar-refractivity contribution in [1.29, 1.82) is 0 Å². The van der Waals surface area contributed by atoms with Crippen LogP contribution in [0.2, 0.25) is 0 Å². The van der Waals surface area contributed by atoms with Gasteiger partial charge in [0, 0.05) is 19.2 Å². The van der Waals surface area contributed by atoms with E-state index in [1.807, 2.05) is 11.6 Å². The van der Waals surface area contributed by atoms with Crippen LogP contribution < -0.4 is 10.0 Å². The average Bonchev–Trinajstić information content (AvgIpc) is 2.68. The smallest absolute Gasteiger partial charge is 0.266 e. The van der Waals surface area contributed by atoms with Crippen molar-refractivity contribution < 1.29 is 23.1 Å². The lowest BCUT2D eigenvalue weighted by Gasteiger charge is -2.09. The number of nitrogens with zero attached hydrogens (tertiary/aromatic N) is 1. The minimum atomic E-state index is -4.03. The summed E-state index contributed by atoms with van der Waals surface area (Å²) < 4.78 is 26.7. The first-order chi connectivity index (χ1) is 13.4. The van der Waals surface area contributed by atoms with E-state index in [4.69, 9.17) is 5.11 Å². The van der Waals surface area contributed by atoms with E-state index in [1.165, 1.54) is 30.5 Å². The van der Waals surface area contributed by atoms with E-state index in [0.717, 1.165) is 12.0 Å². The molecule has 0 fully saturated rings. The monoisotopic (exact) mass is 405 g/mol. The van der Waals surface area contributed by atoms with Crippen LogP contribution in [0.25, 0.3) is 0 Å². The molecule has 0 aliphatic carbocycles. The number of carbonyl (C=O) groups excluding carboxylic acids is 2. The van der Waals surface area contributed by atoms with Gasteiger partial charge in [-0.2, -0.15) is 0 Å². The topological polar surface area (TPSA) is 125 Å². The maximum absolute atomic E-state index is 12.4. The Morgan fingerprint density at radius 1 is 1.11 bits per heavy atom. The van der Waals surface area contributed by atoms with Crippen molar-refractivity contribution in [3.63, 3.8) is 0 Å². The lowest BCUT2D eigenvalue weighted by Crippen LogP contribution is -2.30. The number of amides is 2. The summed E-state index contributed by atoms with van der Waals surface area (Å²) in [4.78, 5) is 27.4. The van der Waals surface area contributed by atoms with Crippen LogP contribution >= 0.6 is 0 Å². The number of benzene rings is 1. The summed E-state index contributed by atoms with van der Waals surface area (Å²) >= 11 is 0. The van der Waals surface area contributed by atoms with Gasteiger partial charge in [0.15, 0.2) is 0 Å². The van der Waals surface area contributed by atoms with Crippen LogP contribution in [0.5, 0.6) is 0 Å². The van der Waals surface area contributed by atoms with Crippen molar-refractivity contribution >= 4 is 21.8 Å². The third kappa shape index (κ3) is 6.14. The Morgan fingerprint density at radius 3 is 2.39 bits per heavy atom. The van der Waals surface area contributed by atoms with Crippen LogP contribution in [-0.4, -0.2) is 36.9 Å². The number of pyridine rings is 1. The summed E-state index contributed by atoms with van der Waals surface area (Å²) in [7, 11) is -4.03. The number of sulfonamides is 1. The van der Waals surface area contributed by atoms with E-state index in [2.05, 4.69) is 10.3 Å². The van der Waals surface area contributed by atoms with Gasteiger partial charge in [-0.1, -0.05) is 19.1 Å². The molecule has 9 heteroatoms. The third-order valence-electron chi connectivity index (χ3n) is 3.92. The molecular formula is C19H23N3O5S. The second-order valence-corrected chi connectivity index (χ2v) is 7.81. The summed E-state index contributed by atoms with van der Waals surface area (Å²) in [6.07, 6.45) is 3.04. The van der Waals surface area contributed by atoms with Gasteiger partial charge in [0.05, 0.1) is 22.8 Å². The van der Waals surface area contributed by atoms with Gasteiger partial charge in [-0.25, -0.2) is 13.1 Å². The molecule has 2 aromatic rings. The molecule has 0 saturated heterocycles. The van der Waals surface area contributed by atoms with Gasteiger partial charge in [-0.15, -0.1) is 0 Å². The maximum Gasteiger partial charge on any atom is 0.266 e. The number of hydrogen-bond donors (Lipinski definition) is 3. The van der Waals surface area contributed by atoms with Gasteiger partial charge in [0.2, 0.25) is 5.91 Å². The molecule has 0 bridgehead atoms. The first-order valence-corrected chi connectivity index (χ1v) is 10.3. The minimum Gasteiger partial charge on any atom is -0.390 e. The van der Waals surface area contributed by atoms with Crippen LogP contribution in [0.4, 0.5) is 0 Å². The highest BCUT2D eigenvalue weighted by atomic mass is 32.2. The molecule has 0 aliphatic heterocycles. The number of rotatable bonds is 9. The van der Waals surface area contributed by atoms with Crippen molar-refractivity contribution in [2.75, 3.05) is 6.54 Å². The van der Waals surface area contributed by atoms with Crippen LogP contribution in [0.3, 0.4) is 0 Å². The number of aliphatic hydroxyl groups excluding tert-OH is 1. The van der Waals surface area contributed by atoms with E-state index >= 15 is 0 Å². The molecule has 0 saturated carbocycles. The second kappa shape index (κ2) is 9.95. The molecule has 1 aromatic carbocycles. The predicted molar refractivity (Wildman–Crippen MR) is 103 cm³/mol. The standard InChI is InChI=1S/C19H23N3O5S/c1-2-3-18(24)20-11-10-14-4-8-17(9-5-14)28(26,27)22-19(25)15-6-7-16(13-23)21-12-15/h4-9,12,23H,2-3,10-11,13H2,1H3,(H,20,24)(H,22,25). The van der Waals surface area contributed by atoms with Crippen molar-refractivity contribution in [3.8, 4) is 0 Å². The second-order valence-electron chi connectivity index (χ2n) is 6.12. The van der Waals surface area contributed by atoms with E-state index in [9.17, 15) is 18.0 Å². The third-order valence-corrected chi connectivity index (χ3v) is 5.27. The molecule has 2 rings (SSSR count). The Hall–Kier alpha value is -2.78. The Labute approximate surface area is 164 Å². The molecule has 150 valence electrons. The molecule has 2 amide bonds. The first-order valence-electron chi connectivity index (χ1n) is 8.84. The Bertz CT molecular complexity index is 910. The summed E-state index contributed by atoms with van der Waals surface area (Å²) in [6, 6.07) is 8.93. The largest absolute Gasteiger partial charge is 0.390 e. The van der Waals surface area contributed by atoms with E-state index in [-0.39, 0.29) is 23.0 Å². The molecule has 0 aliphatic rings. The number of nitrogens with one attached hydrogen (secondary N) is 2. The van der Waals surface area contributed by atoms with E-state index < -0.39 is 15.9 Å². The molecule has 28 heavy (non-hydrogen) atoms. The van der Waals surface area contributed by atoms with Gasteiger partial charge < -0.3 is 10.4 Å². The average molecular weight is 405 g/mol. The molecular weight excluding hydrogens is 382 g/mol. The highest BCUT2D eigenvalue weighted by molar-refractivity contribution is 7.90. The number of carbonyl (C=O) groups is 2. The lowest BCUT2D eigenvalue weighted by molar-refractivity contribution is -0.121. The molecule has 3 N–H and O–H groups in total. The van der Waals surface area contributed by atoms with Crippen molar-refractivity contribution in [2.24, 2.45) is 0 Å². The number of aliphatic hydroxyl groups is 1. The summed E-state index contributed by atoms with van der Waals surface area (Å²) in [5.74, 6) is -0.814. The zero-order chi connectivity index (χ0) is 20.6. The highest BCUT2D eigenvalue weighted by Crippen LogP contribution is 2.12. The molecule has 1 aromatic heterocycles. The van der Waals surface area contributed by atoms with E-state index in [0.29, 0.717) is 25.1 Å². The predicted octanol–water partition coefficient (Wildman–Crippen LogP) is 1.15. The highest BCUT2D eigenvalue weighted by Gasteiger charge is 2.19. The van der Waals surface area contributed by atoms with Gasteiger partial charge in [0.1, 0.15) is 0 Å². The number of aromatic nitrogens is 1. The van der Waals surface area contributed by atoms with Gasteiger partial charge in [-0.05, 0) is 42.7 Å². The first kappa shape index (κ1) is 21.5. The van der Waals surface area contributed by atoms with Crippen molar-refractivity contribution in [2.45, 2.75) is 37.7 Å². The van der Waals surface area contributed by atoms with Gasteiger partial charge in [-0.3, -0.25) is 14.6 Å². The molecule has 8 nitrogen and oxygen atoms in total. The number of hydrogen-bond acceptors (Lipinski definition) is 6. The fourth-order valence-electron chi connectivity index (χ4n) is 2.39. The Morgan fingerprint density at radius 2 is 1.82 bits per heavy atom. The Kier molecular flexibility index (Phi) is 7.65. The fourth-order valence-corrected chi connectivity index (χ4v) is 3.36. The summed E-state index contributed by atoms with van der Waals surface area (Å²) in [5, 5.41) is 11.7. The Balaban J connectivity index is 1.97. The molecule has 0 spiro atoms. The zero-order valence-electron chi connectivity index (χ0n) is 15.5. The molecule has 0 atom stereocenters. The minimum absolute atomic E-state index is 0.00841. The summed E-state index contributed by atoms with van der Waals surface area (Å²) in [5.41, 5.74) is 1.31. The fraction of sp³-hybridized carbons (Fsp3) is 0.316. The van der Waals surface area contributed by atoms with Crippen LogP contribution in [0.15, 0.2) is 47.5 Å². The van der Waals surface area contributed by atoms with Crippen LogP contribution in [0.1, 0.15) is 41.4 Å². The SMILES string of the molecule is CCCC(=O)NCCc1ccc(S(=O)(=O)NC(=O)c2ccc(CO)nc2)cc1. The molecule has 0 unspecified atom stereocenters. The van der Waals surface area contributed by atoms with Gasteiger partial charge in [0.25, 0.3) is 15.9 Å².